The van der Waals surface area contributed by atoms with Gasteiger partial charge in [0.1, 0.15) is 5.82 Å². The van der Waals surface area contributed by atoms with E-state index in [0.717, 1.165) is 43.7 Å². The Morgan fingerprint density at radius 3 is 2.80 bits per heavy atom. The summed E-state index contributed by atoms with van der Waals surface area (Å²) in [5.74, 6) is 0.599. The monoisotopic (exact) mass is 340 g/mol. The molecule has 1 atom stereocenters. The van der Waals surface area contributed by atoms with Gasteiger partial charge in [-0.15, -0.1) is 0 Å². The Bertz CT molecular complexity index is 456. The number of nitrogens with zero attached hydrogens (tertiary/aromatic N) is 1. The van der Waals surface area contributed by atoms with Crippen molar-refractivity contribution in [2.24, 2.45) is 5.92 Å². The summed E-state index contributed by atoms with van der Waals surface area (Å²) in [4.78, 5) is 2.56. The number of rotatable bonds is 5. The molecule has 1 unspecified atom stereocenters. The zero-order valence-electron chi connectivity index (χ0n) is 11.7. The molecule has 0 aromatic heterocycles. The summed E-state index contributed by atoms with van der Waals surface area (Å²) in [5.41, 5.74) is 1.08. The minimum absolute atomic E-state index is 0.155. The Balaban J connectivity index is 1.62. The van der Waals surface area contributed by atoms with Gasteiger partial charge in [-0.1, -0.05) is 6.07 Å². The molecular weight excluding hydrogens is 319 g/mol. The average Bonchev–Trinajstić information content (AvgIpc) is 3.28. The summed E-state index contributed by atoms with van der Waals surface area (Å²) in [5, 5.41) is 3.49. The van der Waals surface area contributed by atoms with Gasteiger partial charge in [0, 0.05) is 19.1 Å². The Morgan fingerprint density at radius 2 is 2.15 bits per heavy atom. The molecule has 0 bridgehead atoms. The van der Waals surface area contributed by atoms with Gasteiger partial charge in [-0.05, 0) is 78.3 Å². The van der Waals surface area contributed by atoms with Crippen LogP contribution in [0.25, 0.3) is 0 Å². The lowest BCUT2D eigenvalue weighted by Gasteiger charge is -2.30. The molecule has 0 radical (unpaired) electrons. The molecule has 1 saturated heterocycles. The van der Waals surface area contributed by atoms with Crippen LogP contribution >= 0.6 is 15.9 Å². The van der Waals surface area contributed by atoms with E-state index in [-0.39, 0.29) is 5.82 Å². The zero-order chi connectivity index (χ0) is 13.9. The van der Waals surface area contributed by atoms with E-state index in [9.17, 15) is 4.39 Å². The Kier molecular flexibility index (Phi) is 4.74. The van der Waals surface area contributed by atoms with Crippen LogP contribution in [0, 0.1) is 11.7 Å². The highest BCUT2D eigenvalue weighted by Gasteiger charge is 2.30. The van der Waals surface area contributed by atoms with Crippen LogP contribution in [0.4, 0.5) is 4.39 Å². The fourth-order valence-electron chi connectivity index (χ4n) is 3.07. The molecule has 1 saturated carbocycles. The second-order valence-electron chi connectivity index (χ2n) is 6.12. The van der Waals surface area contributed by atoms with Gasteiger partial charge in [0.25, 0.3) is 0 Å². The van der Waals surface area contributed by atoms with Crippen LogP contribution in [0.15, 0.2) is 22.7 Å². The third-order valence-electron chi connectivity index (χ3n) is 4.32. The molecule has 110 valence electrons. The number of halogens is 2. The summed E-state index contributed by atoms with van der Waals surface area (Å²) < 4.78 is 14.2. The summed E-state index contributed by atoms with van der Waals surface area (Å²) in [7, 11) is 0. The van der Waals surface area contributed by atoms with Crippen molar-refractivity contribution in [1.29, 1.82) is 0 Å². The maximum Gasteiger partial charge on any atom is 0.137 e. The van der Waals surface area contributed by atoms with E-state index < -0.39 is 0 Å². The van der Waals surface area contributed by atoms with Crippen molar-refractivity contribution >= 4 is 15.9 Å². The van der Waals surface area contributed by atoms with Crippen molar-refractivity contribution in [3.8, 4) is 0 Å². The Labute approximate surface area is 128 Å². The molecule has 1 aromatic carbocycles. The van der Waals surface area contributed by atoms with E-state index in [4.69, 9.17) is 0 Å². The van der Waals surface area contributed by atoms with E-state index >= 15 is 0 Å². The molecule has 1 aromatic rings. The van der Waals surface area contributed by atoms with E-state index in [0.29, 0.717) is 4.47 Å². The van der Waals surface area contributed by atoms with Crippen LogP contribution in [0.1, 0.15) is 31.2 Å². The first-order valence-electron chi connectivity index (χ1n) is 7.61. The van der Waals surface area contributed by atoms with E-state index in [1.165, 1.54) is 25.7 Å². The second kappa shape index (κ2) is 6.54. The van der Waals surface area contributed by atoms with Crippen molar-refractivity contribution < 1.29 is 4.39 Å². The highest BCUT2D eigenvalue weighted by Crippen LogP contribution is 2.30. The van der Waals surface area contributed by atoms with Crippen molar-refractivity contribution in [3.63, 3.8) is 0 Å². The van der Waals surface area contributed by atoms with Gasteiger partial charge in [-0.25, -0.2) is 4.39 Å². The van der Waals surface area contributed by atoms with Crippen LogP contribution in [0.5, 0.6) is 0 Å². The molecule has 0 amide bonds. The molecule has 2 nitrogen and oxygen atoms in total. The van der Waals surface area contributed by atoms with Gasteiger partial charge in [0.2, 0.25) is 0 Å². The number of benzene rings is 1. The van der Waals surface area contributed by atoms with Crippen LogP contribution in [-0.4, -0.2) is 30.6 Å². The Hall–Kier alpha value is -0.450. The van der Waals surface area contributed by atoms with Gasteiger partial charge in [-0.2, -0.15) is 0 Å². The fourth-order valence-corrected chi connectivity index (χ4v) is 3.31. The predicted molar refractivity (Wildman–Crippen MR) is 83.1 cm³/mol. The fraction of sp³-hybridized carbons (Fsp3) is 0.625. The molecule has 0 spiro atoms. The minimum atomic E-state index is -0.155. The van der Waals surface area contributed by atoms with Crippen LogP contribution < -0.4 is 5.32 Å². The van der Waals surface area contributed by atoms with Gasteiger partial charge < -0.3 is 5.32 Å². The lowest BCUT2D eigenvalue weighted by Crippen LogP contribution is -2.39. The summed E-state index contributed by atoms with van der Waals surface area (Å²) in [6.45, 7) is 4.33. The standard InChI is InChI=1S/C16H22BrFN2/c17-15-6-3-12(8-16(15)18)10-20(14-4-5-14)11-13-2-1-7-19-9-13/h3,6,8,13-14,19H,1-2,4-5,7,9-11H2. The third kappa shape index (κ3) is 3.80. The molecule has 4 heteroatoms. The van der Waals surface area contributed by atoms with Crippen molar-refractivity contribution in [3.05, 3.63) is 34.1 Å². The highest BCUT2D eigenvalue weighted by molar-refractivity contribution is 9.10. The van der Waals surface area contributed by atoms with Crippen molar-refractivity contribution in [1.82, 2.24) is 10.2 Å². The molecule has 2 aliphatic rings. The maximum atomic E-state index is 13.6. The number of hydrogen-bond acceptors (Lipinski definition) is 2. The zero-order valence-corrected chi connectivity index (χ0v) is 13.3. The topological polar surface area (TPSA) is 15.3 Å². The third-order valence-corrected chi connectivity index (χ3v) is 4.97. The van der Waals surface area contributed by atoms with Crippen molar-refractivity contribution in [2.45, 2.75) is 38.3 Å². The summed E-state index contributed by atoms with van der Waals surface area (Å²) >= 11 is 3.22. The van der Waals surface area contributed by atoms with Gasteiger partial charge in [0.05, 0.1) is 4.47 Å². The van der Waals surface area contributed by atoms with Crippen LogP contribution in [0.3, 0.4) is 0 Å². The number of piperidine rings is 1. The largest absolute Gasteiger partial charge is 0.316 e. The SMILES string of the molecule is Fc1cc(CN(CC2CCCNC2)C2CC2)ccc1Br. The van der Waals surface area contributed by atoms with Crippen molar-refractivity contribution in [2.75, 3.05) is 19.6 Å². The molecule has 20 heavy (non-hydrogen) atoms. The average molecular weight is 341 g/mol. The molecule has 1 aliphatic heterocycles. The van der Waals surface area contributed by atoms with Crippen LogP contribution in [0.2, 0.25) is 0 Å². The first kappa shape index (κ1) is 14.5. The quantitative estimate of drug-likeness (QED) is 0.881. The van der Waals surface area contributed by atoms with E-state index in [2.05, 4.69) is 26.1 Å². The first-order valence-corrected chi connectivity index (χ1v) is 8.40. The Morgan fingerprint density at radius 1 is 1.30 bits per heavy atom. The first-order chi connectivity index (χ1) is 9.72. The van der Waals surface area contributed by atoms with E-state index in [1.54, 1.807) is 6.07 Å². The molecular formula is C16H22BrFN2. The van der Waals surface area contributed by atoms with E-state index in [1.807, 2.05) is 12.1 Å². The maximum absolute atomic E-state index is 13.6. The normalized spacial score (nSPS) is 23.2. The molecule has 2 fully saturated rings. The molecule has 3 rings (SSSR count). The lowest BCUT2D eigenvalue weighted by molar-refractivity contribution is 0.192. The van der Waals surface area contributed by atoms with Gasteiger partial charge >= 0.3 is 0 Å². The van der Waals surface area contributed by atoms with Gasteiger partial charge in [0.15, 0.2) is 0 Å². The second-order valence-corrected chi connectivity index (χ2v) is 6.98. The van der Waals surface area contributed by atoms with Gasteiger partial charge in [-0.3, -0.25) is 4.90 Å². The molecule has 1 aliphatic carbocycles. The molecule has 1 heterocycles. The minimum Gasteiger partial charge on any atom is -0.316 e. The highest BCUT2D eigenvalue weighted by atomic mass is 79.9. The summed E-state index contributed by atoms with van der Waals surface area (Å²) in [6.07, 6.45) is 5.22. The van der Waals surface area contributed by atoms with Crippen LogP contribution in [-0.2, 0) is 6.54 Å². The lowest BCUT2D eigenvalue weighted by atomic mass is 9.98. The smallest absolute Gasteiger partial charge is 0.137 e. The summed E-state index contributed by atoms with van der Waals surface area (Å²) in [6, 6.07) is 6.24. The predicted octanol–water partition coefficient (Wildman–Crippen LogP) is 3.55. The number of hydrogen-bond donors (Lipinski definition) is 1. The molecule has 1 N–H and O–H groups in total. The number of nitrogens with one attached hydrogen (secondary N) is 1.